The van der Waals surface area contributed by atoms with E-state index in [1.165, 1.54) is 4.90 Å². The SMILES string of the molecule is Cc1cc(N(CCO)CC(F)F)c(C(N)=S)c(C)n1. The van der Waals surface area contributed by atoms with Crippen LogP contribution in [-0.4, -0.2) is 41.2 Å². The van der Waals surface area contributed by atoms with Crippen molar-refractivity contribution in [1.82, 2.24) is 4.98 Å². The summed E-state index contributed by atoms with van der Waals surface area (Å²) in [6, 6.07) is 1.65. The van der Waals surface area contributed by atoms with Crippen LogP contribution in [0.5, 0.6) is 0 Å². The maximum absolute atomic E-state index is 12.6. The number of aliphatic hydroxyl groups is 1. The molecule has 0 spiro atoms. The summed E-state index contributed by atoms with van der Waals surface area (Å²) in [5.41, 5.74) is 7.90. The van der Waals surface area contributed by atoms with Gasteiger partial charge in [-0.2, -0.15) is 0 Å². The smallest absolute Gasteiger partial charge is 0.255 e. The fourth-order valence-electron chi connectivity index (χ4n) is 1.96. The molecule has 0 radical (unpaired) electrons. The summed E-state index contributed by atoms with van der Waals surface area (Å²) < 4.78 is 25.2. The molecule has 0 aromatic carbocycles. The Bertz CT molecular complexity index is 469. The largest absolute Gasteiger partial charge is 0.395 e. The molecule has 19 heavy (non-hydrogen) atoms. The summed E-state index contributed by atoms with van der Waals surface area (Å²) in [6.45, 7) is 2.86. The number of aryl methyl sites for hydroxylation is 2. The van der Waals surface area contributed by atoms with E-state index in [0.29, 0.717) is 22.6 Å². The molecule has 1 heterocycles. The zero-order valence-corrected chi connectivity index (χ0v) is 11.7. The summed E-state index contributed by atoms with van der Waals surface area (Å²) in [7, 11) is 0. The van der Waals surface area contributed by atoms with Crippen molar-refractivity contribution in [2.24, 2.45) is 5.73 Å². The molecule has 0 aliphatic carbocycles. The molecule has 3 N–H and O–H groups in total. The van der Waals surface area contributed by atoms with Crippen LogP contribution >= 0.6 is 12.2 Å². The highest BCUT2D eigenvalue weighted by atomic mass is 32.1. The van der Waals surface area contributed by atoms with Crippen LogP contribution in [0.4, 0.5) is 14.5 Å². The molecular weight excluding hydrogens is 272 g/mol. The Labute approximate surface area is 116 Å². The average Bonchev–Trinajstić information content (AvgIpc) is 2.25. The van der Waals surface area contributed by atoms with E-state index in [1.807, 2.05) is 0 Å². The molecule has 0 saturated carbocycles. The van der Waals surface area contributed by atoms with Crippen LogP contribution in [0.2, 0.25) is 0 Å². The lowest BCUT2D eigenvalue weighted by Gasteiger charge is -2.26. The van der Waals surface area contributed by atoms with Crippen molar-refractivity contribution in [3.63, 3.8) is 0 Å². The molecule has 1 aromatic rings. The average molecular weight is 289 g/mol. The van der Waals surface area contributed by atoms with Crippen molar-refractivity contribution in [1.29, 1.82) is 0 Å². The topological polar surface area (TPSA) is 62.4 Å². The van der Waals surface area contributed by atoms with Crippen LogP contribution in [0.3, 0.4) is 0 Å². The van der Waals surface area contributed by atoms with Crippen molar-refractivity contribution < 1.29 is 13.9 Å². The summed E-state index contributed by atoms with van der Waals surface area (Å²) in [6.07, 6.45) is -2.51. The van der Waals surface area contributed by atoms with Crippen LogP contribution in [-0.2, 0) is 0 Å². The second-order valence-corrected chi connectivity index (χ2v) is 4.61. The van der Waals surface area contributed by atoms with Gasteiger partial charge in [0.05, 0.1) is 24.4 Å². The van der Waals surface area contributed by atoms with E-state index in [2.05, 4.69) is 4.98 Å². The molecular formula is C12H17F2N3OS. The quantitative estimate of drug-likeness (QED) is 0.775. The lowest BCUT2D eigenvalue weighted by atomic mass is 10.1. The van der Waals surface area contributed by atoms with Gasteiger partial charge in [0.25, 0.3) is 6.43 Å². The number of rotatable bonds is 6. The fraction of sp³-hybridized carbons (Fsp3) is 0.500. The standard InChI is InChI=1S/C12H17F2N3OS/c1-7-5-9(11(12(15)19)8(2)16-7)17(3-4-18)6-10(13)14/h5,10,18H,3-4,6H2,1-2H3,(H2,15,19). The normalized spacial score (nSPS) is 10.8. The molecule has 0 unspecified atom stereocenters. The first-order chi connectivity index (χ1) is 8.86. The van der Waals surface area contributed by atoms with Crippen molar-refractivity contribution in [3.05, 3.63) is 23.0 Å². The number of thiocarbonyl (C=S) groups is 1. The highest BCUT2D eigenvalue weighted by molar-refractivity contribution is 7.80. The van der Waals surface area contributed by atoms with Gasteiger partial charge in [0.15, 0.2) is 0 Å². The second-order valence-electron chi connectivity index (χ2n) is 4.17. The van der Waals surface area contributed by atoms with Gasteiger partial charge in [0.2, 0.25) is 0 Å². The lowest BCUT2D eigenvalue weighted by Crippen LogP contribution is -2.34. The molecule has 1 aromatic heterocycles. The van der Waals surface area contributed by atoms with E-state index in [4.69, 9.17) is 23.1 Å². The number of halogens is 2. The third-order valence-electron chi connectivity index (χ3n) is 2.62. The molecule has 1 rings (SSSR count). The van der Waals surface area contributed by atoms with Crippen LogP contribution in [0, 0.1) is 13.8 Å². The Morgan fingerprint density at radius 1 is 1.53 bits per heavy atom. The molecule has 0 saturated heterocycles. The zero-order valence-electron chi connectivity index (χ0n) is 10.9. The zero-order chi connectivity index (χ0) is 14.6. The summed E-state index contributed by atoms with van der Waals surface area (Å²) >= 11 is 4.96. The summed E-state index contributed by atoms with van der Waals surface area (Å²) in [5.74, 6) is 0. The number of hydrogen-bond acceptors (Lipinski definition) is 4. The van der Waals surface area contributed by atoms with Gasteiger partial charge in [0, 0.05) is 17.9 Å². The lowest BCUT2D eigenvalue weighted by molar-refractivity contribution is 0.153. The van der Waals surface area contributed by atoms with Crippen molar-refractivity contribution in [3.8, 4) is 0 Å². The van der Waals surface area contributed by atoms with Gasteiger partial charge in [-0.3, -0.25) is 4.98 Å². The molecule has 0 aliphatic rings. The van der Waals surface area contributed by atoms with Gasteiger partial charge in [-0.25, -0.2) is 8.78 Å². The van der Waals surface area contributed by atoms with E-state index < -0.39 is 13.0 Å². The number of aromatic nitrogens is 1. The minimum absolute atomic E-state index is 0.0862. The Morgan fingerprint density at radius 3 is 2.63 bits per heavy atom. The number of alkyl halides is 2. The predicted molar refractivity (Wildman–Crippen MR) is 74.9 cm³/mol. The third kappa shape index (κ3) is 4.07. The minimum atomic E-state index is -2.51. The third-order valence-corrected chi connectivity index (χ3v) is 2.83. The molecule has 0 bridgehead atoms. The number of nitrogens with zero attached hydrogens (tertiary/aromatic N) is 2. The van der Waals surface area contributed by atoms with Crippen LogP contribution < -0.4 is 10.6 Å². The van der Waals surface area contributed by atoms with Crippen molar-refractivity contribution in [2.75, 3.05) is 24.6 Å². The molecule has 0 amide bonds. The van der Waals surface area contributed by atoms with E-state index >= 15 is 0 Å². The molecule has 0 atom stereocenters. The number of pyridine rings is 1. The monoisotopic (exact) mass is 289 g/mol. The highest BCUT2D eigenvalue weighted by Gasteiger charge is 2.19. The molecule has 4 nitrogen and oxygen atoms in total. The molecule has 106 valence electrons. The van der Waals surface area contributed by atoms with E-state index in [9.17, 15) is 8.78 Å². The summed E-state index contributed by atoms with van der Waals surface area (Å²) in [5, 5.41) is 9.01. The molecule has 0 aliphatic heterocycles. The molecule has 7 heteroatoms. The maximum Gasteiger partial charge on any atom is 0.255 e. The van der Waals surface area contributed by atoms with E-state index in [1.54, 1.807) is 19.9 Å². The first kappa shape index (κ1) is 15.7. The van der Waals surface area contributed by atoms with Gasteiger partial charge in [-0.1, -0.05) is 12.2 Å². The van der Waals surface area contributed by atoms with Gasteiger partial charge in [-0.05, 0) is 19.9 Å². The van der Waals surface area contributed by atoms with Gasteiger partial charge < -0.3 is 15.7 Å². The minimum Gasteiger partial charge on any atom is -0.395 e. The highest BCUT2D eigenvalue weighted by Crippen LogP contribution is 2.24. The Balaban J connectivity index is 3.30. The van der Waals surface area contributed by atoms with Crippen LogP contribution in [0.1, 0.15) is 17.0 Å². The molecule has 0 fully saturated rings. The Morgan fingerprint density at radius 2 is 2.16 bits per heavy atom. The fourth-order valence-corrected chi connectivity index (χ4v) is 2.21. The first-order valence-electron chi connectivity index (χ1n) is 5.78. The van der Waals surface area contributed by atoms with Crippen LogP contribution in [0.15, 0.2) is 6.07 Å². The Kier molecular flexibility index (Phi) is 5.56. The second kappa shape index (κ2) is 6.72. The predicted octanol–water partition coefficient (Wildman–Crippen LogP) is 1.40. The maximum atomic E-state index is 12.6. The summed E-state index contributed by atoms with van der Waals surface area (Å²) in [4.78, 5) is 5.72. The number of hydrogen-bond donors (Lipinski definition) is 2. The van der Waals surface area contributed by atoms with Gasteiger partial charge in [0.1, 0.15) is 4.99 Å². The Hall–Kier alpha value is -1.34. The number of aliphatic hydroxyl groups excluding tert-OH is 1. The van der Waals surface area contributed by atoms with E-state index in [0.717, 1.165) is 0 Å². The first-order valence-corrected chi connectivity index (χ1v) is 6.19. The van der Waals surface area contributed by atoms with E-state index in [-0.39, 0.29) is 18.1 Å². The van der Waals surface area contributed by atoms with Gasteiger partial charge >= 0.3 is 0 Å². The van der Waals surface area contributed by atoms with Gasteiger partial charge in [-0.15, -0.1) is 0 Å². The van der Waals surface area contributed by atoms with Crippen molar-refractivity contribution in [2.45, 2.75) is 20.3 Å². The number of nitrogens with two attached hydrogens (primary N) is 1. The van der Waals surface area contributed by atoms with Crippen molar-refractivity contribution >= 4 is 22.9 Å². The van der Waals surface area contributed by atoms with Crippen LogP contribution in [0.25, 0.3) is 0 Å². The number of anilines is 1.